The van der Waals surface area contributed by atoms with Crippen LogP contribution in [-0.2, 0) is 4.79 Å². The number of anilines is 1. The molecule has 1 aliphatic heterocycles. The second kappa shape index (κ2) is 7.51. The van der Waals surface area contributed by atoms with Crippen LogP contribution >= 0.6 is 11.3 Å². The van der Waals surface area contributed by atoms with Crippen LogP contribution in [0, 0.1) is 17.4 Å². The fourth-order valence-electron chi connectivity index (χ4n) is 3.26. The van der Waals surface area contributed by atoms with Gasteiger partial charge in [-0.05, 0) is 11.1 Å². The zero-order valence-corrected chi connectivity index (χ0v) is 15.1. The average Bonchev–Trinajstić information content (AvgIpc) is 3.36. The Labute approximate surface area is 160 Å². The molecule has 134 valence electrons. The first-order chi connectivity index (χ1) is 13.2. The Morgan fingerprint density at radius 3 is 2.70 bits per heavy atom. The van der Waals surface area contributed by atoms with E-state index >= 15 is 0 Å². The Kier molecular flexibility index (Phi) is 4.77. The number of nitrogens with one attached hydrogen (secondary N) is 1. The van der Waals surface area contributed by atoms with Crippen molar-refractivity contribution in [2.75, 3.05) is 18.4 Å². The number of benzene rings is 1. The third kappa shape index (κ3) is 3.64. The highest BCUT2D eigenvalue weighted by atomic mass is 32.1. The SMILES string of the molecule is N#CN1C[C@@H](C(=O)Nc2ncc(-c3ccccc3)s2)[C@H](c2cncnc2)C1. The van der Waals surface area contributed by atoms with E-state index in [2.05, 4.69) is 26.5 Å². The van der Waals surface area contributed by atoms with Gasteiger partial charge in [0.05, 0.1) is 10.8 Å². The molecule has 0 bridgehead atoms. The molecule has 4 rings (SSSR count). The summed E-state index contributed by atoms with van der Waals surface area (Å²) in [5, 5.41) is 12.7. The third-order valence-corrected chi connectivity index (χ3v) is 5.56. The minimum Gasteiger partial charge on any atom is -0.309 e. The van der Waals surface area contributed by atoms with E-state index in [0.29, 0.717) is 18.2 Å². The quantitative estimate of drug-likeness (QED) is 0.704. The van der Waals surface area contributed by atoms with Gasteiger partial charge in [-0.25, -0.2) is 15.0 Å². The summed E-state index contributed by atoms with van der Waals surface area (Å²) in [6, 6.07) is 9.91. The van der Waals surface area contributed by atoms with Crippen molar-refractivity contribution in [1.82, 2.24) is 19.9 Å². The van der Waals surface area contributed by atoms with E-state index in [9.17, 15) is 10.1 Å². The number of aromatic nitrogens is 3. The Morgan fingerprint density at radius 2 is 1.96 bits per heavy atom. The van der Waals surface area contributed by atoms with Crippen LogP contribution in [0.4, 0.5) is 5.13 Å². The summed E-state index contributed by atoms with van der Waals surface area (Å²) in [7, 11) is 0. The van der Waals surface area contributed by atoms with Crippen LogP contribution in [0.15, 0.2) is 55.2 Å². The van der Waals surface area contributed by atoms with Crippen molar-refractivity contribution < 1.29 is 4.79 Å². The van der Waals surface area contributed by atoms with Gasteiger partial charge >= 0.3 is 0 Å². The smallest absolute Gasteiger partial charge is 0.231 e. The van der Waals surface area contributed by atoms with Gasteiger partial charge in [-0.2, -0.15) is 5.26 Å². The number of amides is 1. The molecule has 2 atom stereocenters. The molecule has 1 N–H and O–H groups in total. The first-order valence-corrected chi connectivity index (χ1v) is 9.28. The number of carbonyl (C=O) groups excluding carboxylic acids is 1. The fourth-order valence-corrected chi connectivity index (χ4v) is 4.08. The molecule has 1 amide bonds. The molecule has 27 heavy (non-hydrogen) atoms. The molecule has 1 fully saturated rings. The molecule has 0 unspecified atom stereocenters. The predicted octanol–water partition coefficient (Wildman–Crippen LogP) is 2.74. The number of thiazole rings is 1. The summed E-state index contributed by atoms with van der Waals surface area (Å²) >= 11 is 1.43. The van der Waals surface area contributed by atoms with E-state index in [-0.39, 0.29) is 17.7 Å². The molecule has 8 heteroatoms. The summed E-state index contributed by atoms with van der Waals surface area (Å²) in [6.07, 6.45) is 8.76. The van der Waals surface area contributed by atoms with Crippen LogP contribution in [0.5, 0.6) is 0 Å². The fraction of sp³-hybridized carbons (Fsp3) is 0.211. The number of nitrogens with zero attached hydrogens (tertiary/aromatic N) is 5. The van der Waals surface area contributed by atoms with E-state index in [1.54, 1.807) is 23.5 Å². The van der Waals surface area contributed by atoms with E-state index in [1.165, 1.54) is 17.7 Å². The molecule has 0 radical (unpaired) electrons. The summed E-state index contributed by atoms with van der Waals surface area (Å²) in [4.78, 5) is 27.9. The molecule has 0 spiro atoms. The molecule has 1 aromatic carbocycles. The van der Waals surface area contributed by atoms with Crippen molar-refractivity contribution in [1.29, 1.82) is 5.26 Å². The van der Waals surface area contributed by atoms with Crippen molar-refractivity contribution >= 4 is 22.4 Å². The summed E-state index contributed by atoms with van der Waals surface area (Å²) in [6.45, 7) is 0.855. The van der Waals surface area contributed by atoms with E-state index in [1.807, 2.05) is 30.3 Å². The van der Waals surface area contributed by atoms with Crippen molar-refractivity contribution in [2.24, 2.45) is 5.92 Å². The number of likely N-dealkylation sites (tertiary alicyclic amines) is 1. The normalized spacial score (nSPS) is 18.9. The average molecular weight is 376 g/mol. The van der Waals surface area contributed by atoms with Crippen molar-refractivity contribution in [3.8, 4) is 16.6 Å². The highest BCUT2D eigenvalue weighted by Crippen LogP contribution is 2.34. The first-order valence-electron chi connectivity index (χ1n) is 8.46. The minimum atomic E-state index is -0.361. The number of hydrogen-bond donors (Lipinski definition) is 1. The van der Waals surface area contributed by atoms with E-state index in [0.717, 1.165) is 16.0 Å². The van der Waals surface area contributed by atoms with Crippen LogP contribution in [0.1, 0.15) is 11.5 Å². The Balaban J connectivity index is 1.52. The third-order valence-electron chi connectivity index (χ3n) is 4.60. The maximum atomic E-state index is 12.9. The maximum Gasteiger partial charge on any atom is 0.231 e. The molecule has 2 aromatic heterocycles. The highest BCUT2D eigenvalue weighted by Gasteiger charge is 2.39. The lowest BCUT2D eigenvalue weighted by atomic mass is 9.90. The van der Waals surface area contributed by atoms with Gasteiger partial charge in [0.1, 0.15) is 6.33 Å². The zero-order chi connectivity index (χ0) is 18.6. The Hall–Kier alpha value is -3.31. The van der Waals surface area contributed by atoms with Gasteiger partial charge in [0.25, 0.3) is 0 Å². The first kappa shape index (κ1) is 17.1. The van der Waals surface area contributed by atoms with Crippen molar-refractivity contribution in [2.45, 2.75) is 5.92 Å². The Bertz CT molecular complexity index is 969. The van der Waals surface area contributed by atoms with Crippen molar-refractivity contribution in [3.63, 3.8) is 0 Å². The zero-order valence-electron chi connectivity index (χ0n) is 14.3. The summed E-state index contributed by atoms with van der Waals surface area (Å²) in [5.41, 5.74) is 1.92. The topological polar surface area (TPSA) is 94.8 Å². The maximum absolute atomic E-state index is 12.9. The summed E-state index contributed by atoms with van der Waals surface area (Å²) < 4.78 is 0. The van der Waals surface area contributed by atoms with Crippen LogP contribution in [-0.4, -0.2) is 38.8 Å². The second-order valence-electron chi connectivity index (χ2n) is 6.27. The van der Waals surface area contributed by atoms with Gasteiger partial charge in [0.2, 0.25) is 5.91 Å². The van der Waals surface area contributed by atoms with Gasteiger partial charge in [0, 0.05) is 37.6 Å². The molecule has 7 nitrogen and oxygen atoms in total. The molecule has 0 aliphatic carbocycles. The standard InChI is InChI=1S/C19H16N6OS/c20-11-25-9-15(14-6-21-12-22-7-14)16(10-25)18(26)24-19-23-8-17(27-19)13-4-2-1-3-5-13/h1-8,12,15-16H,9-10H2,(H,23,24,26)/t15-,16+/m0/s1. The number of rotatable bonds is 4. The number of carbonyl (C=O) groups is 1. The van der Waals surface area contributed by atoms with Gasteiger partial charge in [-0.1, -0.05) is 41.7 Å². The van der Waals surface area contributed by atoms with Gasteiger partial charge in [-0.15, -0.1) is 0 Å². The summed E-state index contributed by atoms with van der Waals surface area (Å²) in [5.74, 6) is -0.630. The molecule has 3 aromatic rings. The lowest BCUT2D eigenvalue weighted by molar-refractivity contribution is -0.119. The lowest BCUT2D eigenvalue weighted by Crippen LogP contribution is -2.28. The van der Waals surface area contributed by atoms with Crippen LogP contribution in [0.2, 0.25) is 0 Å². The van der Waals surface area contributed by atoms with Crippen LogP contribution in [0.3, 0.4) is 0 Å². The van der Waals surface area contributed by atoms with E-state index < -0.39 is 0 Å². The molecule has 3 heterocycles. The second-order valence-corrected chi connectivity index (χ2v) is 7.31. The van der Waals surface area contributed by atoms with Crippen LogP contribution < -0.4 is 5.32 Å². The van der Waals surface area contributed by atoms with Gasteiger partial charge < -0.3 is 10.2 Å². The van der Waals surface area contributed by atoms with Crippen LogP contribution in [0.25, 0.3) is 10.4 Å². The monoisotopic (exact) mass is 376 g/mol. The molecule has 0 saturated carbocycles. The molecule has 1 saturated heterocycles. The molecular weight excluding hydrogens is 360 g/mol. The molecule has 1 aliphatic rings. The van der Waals surface area contributed by atoms with Gasteiger partial charge in [-0.3, -0.25) is 4.79 Å². The molecular formula is C19H16N6OS. The highest BCUT2D eigenvalue weighted by molar-refractivity contribution is 7.19. The van der Waals surface area contributed by atoms with E-state index in [4.69, 9.17) is 0 Å². The predicted molar refractivity (Wildman–Crippen MR) is 102 cm³/mol. The minimum absolute atomic E-state index is 0.126. The van der Waals surface area contributed by atoms with Crippen molar-refractivity contribution in [3.05, 3.63) is 60.8 Å². The lowest BCUT2D eigenvalue weighted by Gasteiger charge is -2.16. The number of hydrogen-bond acceptors (Lipinski definition) is 7. The van der Waals surface area contributed by atoms with Gasteiger partial charge in [0.15, 0.2) is 11.3 Å². The Morgan fingerprint density at radius 1 is 1.19 bits per heavy atom. The largest absolute Gasteiger partial charge is 0.309 e. The number of nitriles is 1.